The third kappa shape index (κ3) is 6.13. The lowest BCUT2D eigenvalue weighted by Crippen LogP contribution is -2.20. The Morgan fingerprint density at radius 3 is 2.60 bits per heavy atom. The lowest BCUT2D eigenvalue weighted by Gasteiger charge is -2.10. The standard InChI is InChI=1S/C23H16BrClN6O3S/c24-17-9-7-16(8-10-17)22-28-29-23(30(22)18-4-2-1-3-5-18)35-14-21(32)27-26-13-15-6-11-19(25)20(12-15)31(33)34/h1-13H,14H2,(H,27,32)/b26-13-. The van der Waals surface area contributed by atoms with Crippen molar-refractivity contribution in [1.29, 1.82) is 0 Å². The topological polar surface area (TPSA) is 115 Å². The van der Waals surface area contributed by atoms with E-state index in [-0.39, 0.29) is 22.4 Å². The van der Waals surface area contributed by atoms with E-state index in [0.29, 0.717) is 16.5 Å². The van der Waals surface area contributed by atoms with Crippen LogP contribution in [0, 0.1) is 10.1 Å². The summed E-state index contributed by atoms with van der Waals surface area (Å²) in [4.78, 5) is 22.8. The molecule has 1 N–H and O–H groups in total. The number of hydrazone groups is 1. The number of amides is 1. The van der Waals surface area contributed by atoms with Gasteiger partial charge < -0.3 is 0 Å². The fourth-order valence-corrected chi connectivity index (χ4v) is 4.25. The largest absolute Gasteiger partial charge is 0.288 e. The molecular weight excluding hydrogens is 556 g/mol. The third-order valence-electron chi connectivity index (χ3n) is 4.65. The molecule has 0 aliphatic heterocycles. The van der Waals surface area contributed by atoms with E-state index in [0.717, 1.165) is 15.7 Å². The summed E-state index contributed by atoms with van der Waals surface area (Å²) in [6.45, 7) is 0. The number of benzene rings is 3. The summed E-state index contributed by atoms with van der Waals surface area (Å²) in [6, 6.07) is 21.6. The molecule has 3 aromatic carbocycles. The van der Waals surface area contributed by atoms with Crippen molar-refractivity contribution in [3.8, 4) is 17.1 Å². The smallest absolute Gasteiger partial charge is 0.272 e. The average Bonchev–Trinajstić information content (AvgIpc) is 3.28. The van der Waals surface area contributed by atoms with E-state index in [1.165, 1.54) is 30.1 Å². The second kappa shape index (κ2) is 11.3. The number of hydrogen-bond donors (Lipinski definition) is 1. The molecule has 0 aliphatic carbocycles. The zero-order chi connectivity index (χ0) is 24.8. The molecule has 1 aromatic heterocycles. The van der Waals surface area contributed by atoms with Gasteiger partial charge in [0, 0.05) is 27.4 Å². The Bertz CT molecular complexity index is 1400. The van der Waals surface area contributed by atoms with E-state index in [9.17, 15) is 14.9 Å². The number of nitro groups is 1. The minimum Gasteiger partial charge on any atom is -0.272 e. The Labute approximate surface area is 217 Å². The first-order chi connectivity index (χ1) is 16.9. The molecule has 0 aliphatic rings. The van der Waals surface area contributed by atoms with Crippen molar-refractivity contribution < 1.29 is 9.72 Å². The van der Waals surface area contributed by atoms with Gasteiger partial charge in [0.15, 0.2) is 11.0 Å². The molecule has 4 aromatic rings. The number of thioether (sulfide) groups is 1. The first-order valence-corrected chi connectivity index (χ1v) is 12.2. The predicted octanol–water partition coefficient (Wildman–Crippen LogP) is 5.50. The third-order valence-corrected chi connectivity index (χ3v) is 6.43. The minimum atomic E-state index is -0.583. The van der Waals surface area contributed by atoms with Gasteiger partial charge in [-0.1, -0.05) is 75.7 Å². The van der Waals surface area contributed by atoms with E-state index >= 15 is 0 Å². The van der Waals surface area contributed by atoms with Crippen molar-refractivity contribution in [3.05, 3.63) is 98.0 Å². The molecule has 9 nitrogen and oxygen atoms in total. The summed E-state index contributed by atoms with van der Waals surface area (Å²) < 4.78 is 2.84. The molecule has 1 heterocycles. The molecule has 0 saturated carbocycles. The van der Waals surface area contributed by atoms with E-state index in [1.54, 1.807) is 6.07 Å². The second-order valence-electron chi connectivity index (χ2n) is 7.03. The summed E-state index contributed by atoms with van der Waals surface area (Å²) in [6.07, 6.45) is 1.31. The Hall–Kier alpha value is -3.54. The van der Waals surface area contributed by atoms with Crippen LogP contribution in [-0.2, 0) is 4.79 Å². The first kappa shape index (κ1) is 24.6. The highest BCUT2D eigenvalue weighted by atomic mass is 79.9. The first-order valence-electron chi connectivity index (χ1n) is 10.1. The van der Waals surface area contributed by atoms with E-state index < -0.39 is 4.92 Å². The Morgan fingerprint density at radius 2 is 1.89 bits per heavy atom. The molecule has 12 heteroatoms. The second-order valence-corrected chi connectivity index (χ2v) is 9.30. The Morgan fingerprint density at radius 1 is 1.14 bits per heavy atom. The fraction of sp³-hybridized carbons (Fsp3) is 0.0435. The Balaban J connectivity index is 1.47. The number of nitrogens with one attached hydrogen (secondary N) is 1. The summed E-state index contributed by atoms with van der Waals surface area (Å²) >= 11 is 10.5. The number of nitro benzene ring substituents is 1. The zero-order valence-corrected chi connectivity index (χ0v) is 21.0. The Kier molecular flexibility index (Phi) is 7.91. The van der Waals surface area contributed by atoms with Gasteiger partial charge in [0.1, 0.15) is 5.02 Å². The summed E-state index contributed by atoms with van der Waals surface area (Å²) in [5, 5.41) is 24.1. The SMILES string of the molecule is O=C(CSc1nnc(-c2ccc(Br)cc2)n1-c1ccccc1)N/N=C\c1ccc(Cl)c([N+](=O)[O-])c1. The summed E-state index contributed by atoms with van der Waals surface area (Å²) in [5.74, 6) is 0.306. The van der Waals surface area contributed by atoms with Crippen molar-refractivity contribution in [3.63, 3.8) is 0 Å². The molecule has 35 heavy (non-hydrogen) atoms. The van der Waals surface area contributed by atoms with Gasteiger partial charge in [0.25, 0.3) is 11.6 Å². The van der Waals surface area contributed by atoms with Gasteiger partial charge in [-0.3, -0.25) is 19.5 Å². The van der Waals surface area contributed by atoms with Crippen LogP contribution < -0.4 is 5.43 Å². The maximum Gasteiger partial charge on any atom is 0.288 e. The molecule has 0 saturated heterocycles. The highest BCUT2D eigenvalue weighted by Crippen LogP contribution is 2.29. The van der Waals surface area contributed by atoms with Crippen LogP contribution in [0.3, 0.4) is 0 Å². The van der Waals surface area contributed by atoms with Crippen LogP contribution in [0.15, 0.2) is 87.5 Å². The van der Waals surface area contributed by atoms with Gasteiger partial charge in [-0.2, -0.15) is 5.10 Å². The van der Waals surface area contributed by atoms with Crippen LogP contribution >= 0.6 is 39.3 Å². The quantitative estimate of drug-likeness (QED) is 0.129. The van der Waals surface area contributed by atoms with Crippen LogP contribution in [-0.4, -0.2) is 37.6 Å². The molecular formula is C23H16BrClN6O3S. The monoisotopic (exact) mass is 570 g/mol. The number of aromatic nitrogens is 3. The number of carbonyl (C=O) groups excluding carboxylic acids is 1. The van der Waals surface area contributed by atoms with E-state index in [2.05, 4.69) is 36.7 Å². The van der Waals surface area contributed by atoms with Crippen LogP contribution in [0.1, 0.15) is 5.56 Å². The number of halogens is 2. The van der Waals surface area contributed by atoms with Crippen molar-refractivity contribution >= 4 is 57.1 Å². The van der Waals surface area contributed by atoms with Gasteiger partial charge >= 0.3 is 0 Å². The van der Waals surface area contributed by atoms with Crippen molar-refractivity contribution in [2.75, 3.05) is 5.75 Å². The van der Waals surface area contributed by atoms with Gasteiger partial charge in [-0.05, 0) is 30.3 Å². The molecule has 0 spiro atoms. The predicted molar refractivity (Wildman–Crippen MR) is 139 cm³/mol. The van der Waals surface area contributed by atoms with E-state index in [4.69, 9.17) is 11.6 Å². The van der Waals surface area contributed by atoms with Crippen molar-refractivity contribution in [2.45, 2.75) is 5.16 Å². The fourth-order valence-electron chi connectivity index (χ4n) is 3.05. The van der Waals surface area contributed by atoms with Gasteiger partial charge in [-0.15, -0.1) is 10.2 Å². The molecule has 0 atom stereocenters. The molecule has 0 unspecified atom stereocenters. The van der Waals surface area contributed by atoms with Crippen LogP contribution in [0.25, 0.3) is 17.1 Å². The average molecular weight is 572 g/mol. The van der Waals surface area contributed by atoms with Crippen molar-refractivity contribution in [2.24, 2.45) is 5.10 Å². The highest BCUT2D eigenvalue weighted by molar-refractivity contribution is 9.10. The summed E-state index contributed by atoms with van der Waals surface area (Å²) in [5.41, 5.74) is 4.34. The number of rotatable bonds is 8. The number of hydrogen-bond acceptors (Lipinski definition) is 7. The summed E-state index contributed by atoms with van der Waals surface area (Å²) in [7, 11) is 0. The van der Waals surface area contributed by atoms with Gasteiger partial charge in [0.05, 0.1) is 16.9 Å². The molecule has 1 amide bonds. The maximum atomic E-state index is 12.4. The van der Waals surface area contributed by atoms with Crippen LogP contribution in [0.4, 0.5) is 5.69 Å². The number of nitrogens with zero attached hydrogens (tertiary/aromatic N) is 5. The van der Waals surface area contributed by atoms with E-state index in [1.807, 2.05) is 59.2 Å². The lowest BCUT2D eigenvalue weighted by molar-refractivity contribution is -0.384. The normalized spacial score (nSPS) is 11.0. The maximum absolute atomic E-state index is 12.4. The molecule has 0 radical (unpaired) electrons. The van der Waals surface area contributed by atoms with Gasteiger partial charge in [0.2, 0.25) is 0 Å². The minimum absolute atomic E-state index is 0.0256. The van der Waals surface area contributed by atoms with Gasteiger partial charge in [-0.25, -0.2) is 5.43 Å². The molecule has 176 valence electrons. The van der Waals surface area contributed by atoms with Crippen LogP contribution in [0.5, 0.6) is 0 Å². The zero-order valence-electron chi connectivity index (χ0n) is 17.8. The van der Waals surface area contributed by atoms with Crippen LogP contribution in [0.2, 0.25) is 5.02 Å². The lowest BCUT2D eigenvalue weighted by atomic mass is 10.2. The number of carbonyl (C=O) groups is 1. The molecule has 0 bridgehead atoms. The number of para-hydroxylation sites is 1. The molecule has 0 fully saturated rings. The highest BCUT2D eigenvalue weighted by Gasteiger charge is 2.17. The van der Waals surface area contributed by atoms with Crippen molar-refractivity contribution in [1.82, 2.24) is 20.2 Å². The molecule has 4 rings (SSSR count).